The van der Waals surface area contributed by atoms with E-state index in [1.54, 1.807) is 6.07 Å². The Labute approximate surface area is 142 Å². The van der Waals surface area contributed by atoms with E-state index >= 15 is 0 Å². The lowest BCUT2D eigenvalue weighted by Crippen LogP contribution is -2.27. The van der Waals surface area contributed by atoms with Gasteiger partial charge in [-0.1, -0.05) is 57.3 Å². The van der Waals surface area contributed by atoms with E-state index in [-0.39, 0.29) is 16.5 Å². The first kappa shape index (κ1) is 16.8. The van der Waals surface area contributed by atoms with Crippen LogP contribution < -0.4 is 0 Å². The number of halogens is 3. The van der Waals surface area contributed by atoms with Crippen molar-refractivity contribution in [3.8, 4) is 0 Å². The third-order valence-corrected chi connectivity index (χ3v) is 6.23. The average Bonchev–Trinajstić information content (AvgIpc) is 2.43. The molecule has 7 heteroatoms. The third kappa shape index (κ3) is 3.79. The molecule has 0 unspecified atom stereocenters. The van der Waals surface area contributed by atoms with E-state index in [9.17, 15) is 8.42 Å². The molecule has 0 fully saturated rings. The van der Waals surface area contributed by atoms with Gasteiger partial charge in [0.2, 0.25) is 10.0 Å². The Balaban J connectivity index is 2.35. The summed E-state index contributed by atoms with van der Waals surface area (Å²) in [5.74, 6) is 0. The molecule has 3 nitrogen and oxygen atoms in total. The van der Waals surface area contributed by atoms with Gasteiger partial charge in [-0.05, 0) is 29.8 Å². The predicted molar refractivity (Wildman–Crippen MR) is 89.3 cm³/mol. The minimum atomic E-state index is -3.71. The standard InChI is InChI=1S/C14H12BrCl2NO2S/c1-18(9-10-4-2-3-5-12(10)15)21(19,20)14-8-11(16)6-7-13(14)17/h2-8H,9H2,1H3. The van der Waals surface area contributed by atoms with Crippen molar-refractivity contribution in [1.82, 2.24) is 4.31 Å². The maximum absolute atomic E-state index is 12.6. The summed E-state index contributed by atoms with van der Waals surface area (Å²) < 4.78 is 27.3. The van der Waals surface area contributed by atoms with Crippen LogP contribution in [0.1, 0.15) is 5.56 Å². The topological polar surface area (TPSA) is 37.4 Å². The molecule has 0 aliphatic rings. The molecule has 0 amide bonds. The van der Waals surface area contributed by atoms with Gasteiger partial charge in [0.25, 0.3) is 0 Å². The zero-order valence-corrected chi connectivity index (χ0v) is 15.0. The number of rotatable bonds is 4. The molecule has 0 spiro atoms. The van der Waals surface area contributed by atoms with E-state index in [0.717, 1.165) is 10.0 Å². The molecule has 0 radical (unpaired) electrons. The average molecular weight is 409 g/mol. The Hall–Kier alpha value is -0.590. The van der Waals surface area contributed by atoms with Gasteiger partial charge in [-0.2, -0.15) is 4.31 Å². The second-order valence-corrected chi connectivity index (χ2v) is 8.14. The lowest BCUT2D eigenvalue weighted by atomic mass is 10.2. The fourth-order valence-corrected chi connectivity index (χ4v) is 4.09. The van der Waals surface area contributed by atoms with Crippen LogP contribution in [0.5, 0.6) is 0 Å². The number of hydrogen-bond donors (Lipinski definition) is 0. The largest absolute Gasteiger partial charge is 0.244 e. The molecule has 112 valence electrons. The highest BCUT2D eigenvalue weighted by atomic mass is 79.9. The third-order valence-electron chi connectivity index (χ3n) is 2.93. The number of nitrogens with zero attached hydrogens (tertiary/aromatic N) is 1. The summed E-state index contributed by atoms with van der Waals surface area (Å²) in [6, 6.07) is 11.8. The Morgan fingerprint density at radius 2 is 1.81 bits per heavy atom. The second-order valence-electron chi connectivity index (χ2n) is 4.43. The summed E-state index contributed by atoms with van der Waals surface area (Å²) in [5, 5.41) is 0.477. The van der Waals surface area contributed by atoms with Crippen LogP contribution in [-0.2, 0) is 16.6 Å². The van der Waals surface area contributed by atoms with E-state index in [0.29, 0.717) is 5.02 Å². The first-order chi connectivity index (χ1) is 9.82. The van der Waals surface area contributed by atoms with Crippen LogP contribution in [0.4, 0.5) is 0 Å². The van der Waals surface area contributed by atoms with E-state index in [4.69, 9.17) is 23.2 Å². The molecular weight excluding hydrogens is 397 g/mol. The van der Waals surface area contributed by atoms with Crippen LogP contribution in [0.15, 0.2) is 51.8 Å². The van der Waals surface area contributed by atoms with Crippen molar-refractivity contribution in [1.29, 1.82) is 0 Å². The lowest BCUT2D eigenvalue weighted by Gasteiger charge is -2.19. The van der Waals surface area contributed by atoms with E-state index in [1.807, 2.05) is 24.3 Å². The predicted octanol–water partition coefficient (Wildman–Crippen LogP) is 4.58. The van der Waals surface area contributed by atoms with Gasteiger partial charge >= 0.3 is 0 Å². The zero-order chi connectivity index (χ0) is 15.6. The lowest BCUT2D eigenvalue weighted by molar-refractivity contribution is 0.466. The van der Waals surface area contributed by atoms with Gasteiger partial charge in [-0.25, -0.2) is 8.42 Å². The molecule has 2 rings (SSSR count). The van der Waals surface area contributed by atoms with Crippen molar-refractivity contribution in [3.63, 3.8) is 0 Å². The summed E-state index contributed by atoms with van der Waals surface area (Å²) in [6.07, 6.45) is 0. The second kappa shape index (κ2) is 6.67. The number of hydrogen-bond acceptors (Lipinski definition) is 2. The van der Waals surface area contributed by atoms with Crippen LogP contribution >= 0.6 is 39.1 Å². The Bertz CT molecular complexity index is 765. The van der Waals surface area contributed by atoms with E-state index in [1.165, 1.54) is 23.5 Å². The van der Waals surface area contributed by atoms with E-state index in [2.05, 4.69) is 15.9 Å². The molecule has 0 saturated carbocycles. The maximum atomic E-state index is 12.6. The highest BCUT2D eigenvalue weighted by molar-refractivity contribution is 9.10. The monoisotopic (exact) mass is 407 g/mol. The molecule has 0 aromatic heterocycles. The molecule has 21 heavy (non-hydrogen) atoms. The van der Waals surface area contributed by atoms with Crippen LogP contribution in [-0.4, -0.2) is 19.8 Å². The Morgan fingerprint density at radius 3 is 2.48 bits per heavy atom. The SMILES string of the molecule is CN(Cc1ccccc1Br)S(=O)(=O)c1cc(Cl)ccc1Cl. The van der Waals surface area contributed by atoms with Gasteiger partial charge < -0.3 is 0 Å². The number of benzene rings is 2. The minimum absolute atomic E-state index is 0.00576. The molecule has 2 aromatic carbocycles. The fourth-order valence-electron chi connectivity index (χ4n) is 1.79. The molecule has 0 aliphatic heterocycles. The van der Waals surface area contributed by atoms with Crippen LogP contribution in [0.2, 0.25) is 10.0 Å². The van der Waals surface area contributed by atoms with Crippen LogP contribution in [0, 0.1) is 0 Å². The van der Waals surface area contributed by atoms with Gasteiger partial charge in [-0.15, -0.1) is 0 Å². The van der Waals surface area contributed by atoms with Gasteiger partial charge in [0.15, 0.2) is 0 Å². The van der Waals surface area contributed by atoms with Gasteiger partial charge in [-0.3, -0.25) is 0 Å². The summed E-state index contributed by atoms with van der Waals surface area (Å²) >= 11 is 15.3. The van der Waals surface area contributed by atoms with Crippen LogP contribution in [0.25, 0.3) is 0 Å². The molecule has 2 aromatic rings. The molecule has 0 atom stereocenters. The summed E-state index contributed by atoms with van der Waals surface area (Å²) in [6.45, 7) is 0.229. The first-order valence-corrected chi connectivity index (χ1v) is 8.96. The van der Waals surface area contributed by atoms with Gasteiger partial charge in [0, 0.05) is 23.1 Å². The van der Waals surface area contributed by atoms with Gasteiger partial charge in [0.05, 0.1) is 5.02 Å². The van der Waals surface area contributed by atoms with Crippen molar-refractivity contribution < 1.29 is 8.42 Å². The minimum Gasteiger partial charge on any atom is -0.207 e. The molecule has 0 aliphatic carbocycles. The highest BCUT2D eigenvalue weighted by Crippen LogP contribution is 2.28. The number of sulfonamides is 1. The smallest absolute Gasteiger partial charge is 0.207 e. The normalized spacial score (nSPS) is 11.9. The van der Waals surface area contributed by atoms with Gasteiger partial charge in [0.1, 0.15) is 4.90 Å². The van der Waals surface area contributed by atoms with Crippen molar-refractivity contribution in [3.05, 3.63) is 62.5 Å². The summed E-state index contributed by atoms with van der Waals surface area (Å²) in [5.41, 5.74) is 0.863. The zero-order valence-electron chi connectivity index (χ0n) is 11.1. The molecule has 0 N–H and O–H groups in total. The van der Waals surface area contributed by atoms with Crippen molar-refractivity contribution in [2.24, 2.45) is 0 Å². The maximum Gasteiger partial charge on any atom is 0.244 e. The van der Waals surface area contributed by atoms with Crippen molar-refractivity contribution in [2.75, 3.05) is 7.05 Å². The first-order valence-electron chi connectivity index (χ1n) is 5.97. The Morgan fingerprint density at radius 1 is 1.14 bits per heavy atom. The van der Waals surface area contributed by atoms with Crippen molar-refractivity contribution in [2.45, 2.75) is 11.4 Å². The molecular formula is C14H12BrCl2NO2S. The van der Waals surface area contributed by atoms with E-state index < -0.39 is 10.0 Å². The molecule has 0 saturated heterocycles. The van der Waals surface area contributed by atoms with Crippen molar-refractivity contribution >= 4 is 49.2 Å². The quantitative estimate of drug-likeness (QED) is 0.742. The summed E-state index contributed by atoms with van der Waals surface area (Å²) in [4.78, 5) is 0.00576. The van der Waals surface area contributed by atoms with Crippen LogP contribution in [0.3, 0.4) is 0 Å². The molecule has 0 heterocycles. The fraction of sp³-hybridized carbons (Fsp3) is 0.143. The Kier molecular flexibility index (Phi) is 5.33. The highest BCUT2D eigenvalue weighted by Gasteiger charge is 2.24. The molecule has 0 bridgehead atoms. The summed E-state index contributed by atoms with van der Waals surface area (Å²) in [7, 11) is -2.21.